The molecule has 1 N–H and O–H groups in total. The summed E-state index contributed by atoms with van der Waals surface area (Å²) in [7, 11) is 0. The summed E-state index contributed by atoms with van der Waals surface area (Å²) in [6, 6.07) is 12.2. The Morgan fingerprint density at radius 2 is 1.76 bits per heavy atom. The molecule has 0 saturated heterocycles. The standard InChI is InChI=1S/C22H17N5O6/c1-12-9-13(2)24-22(23-12)33-15-6-3-5-14(10-15)25-18(28)11-26-20(29)16-7-4-8-17(27(31)32)19(16)21(26)30/h3-10H,11H2,1-2H3,(H,25,28). The lowest BCUT2D eigenvalue weighted by molar-refractivity contribution is -0.385. The van der Waals surface area contributed by atoms with Gasteiger partial charge in [0.2, 0.25) is 5.91 Å². The van der Waals surface area contributed by atoms with E-state index in [4.69, 9.17) is 4.74 Å². The van der Waals surface area contributed by atoms with Crippen LogP contribution in [0.5, 0.6) is 11.8 Å². The third-order valence-corrected chi connectivity index (χ3v) is 4.76. The maximum atomic E-state index is 12.6. The van der Waals surface area contributed by atoms with Gasteiger partial charge >= 0.3 is 6.01 Å². The molecule has 11 nitrogen and oxygen atoms in total. The number of nitro benzene ring substituents is 1. The molecule has 166 valence electrons. The number of amides is 3. The third-order valence-electron chi connectivity index (χ3n) is 4.76. The minimum Gasteiger partial charge on any atom is -0.424 e. The Morgan fingerprint density at radius 1 is 1.06 bits per heavy atom. The molecule has 0 saturated carbocycles. The third kappa shape index (κ3) is 4.37. The number of benzene rings is 2. The van der Waals surface area contributed by atoms with Crippen molar-refractivity contribution in [2.75, 3.05) is 11.9 Å². The quantitative estimate of drug-likeness (QED) is 0.345. The molecule has 3 amide bonds. The Balaban J connectivity index is 1.47. The molecule has 33 heavy (non-hydrogen) atoms. The van der Waals surface area contributed by atoms with Crippen LogP contribution in [0.3, 0.4) is 0 Å². The van der Waals surface area contributed by atoms with E-state index in [-0.39, 0.29) is 17.1 Å². The molecule has 0 bridgehead atoms. The highest BCUT2D eigenvalue weighted by molar-refractivity contribution is 6.24. The predicted octanol–water partition coefficient (Wildman–Crippen LogP) is 3.03. The first-order valence-electron chi connectivity index (χ1n) is 9.76. The number of hydrogen-bond donors (Lipinski definition) is 1. The number of nitro groups is 1. The lowest BCUT2D eigenvalue weighted by atomic mass is 10.1. The zero-order valence-corrected chi connectivity index (χ0v) is 17.6. The maximum Gasteiger partial charge on any atom is 0.322 e. The minimum absolute atomic E-state index is 0.106. The molecule has 1 aliphatic rings. The zero-order valence-electron chi connectivity index (χ0n) is 17.6. The van der Waals surface area contributed by atoms with Crippen molar-refractivity contribution in [3.8, 4) is 11.8 Å². The van der Waals surface area contributed by atoms with Gasteiger partial charge in [-0.1, -0.05) is 12.1 Å². The predicted molar refractivity (Wildman–Crippen MR) is 115 cm³/mol. The number of ether oxygens (including phenoxy) is 1. The maximum absolute atomic E-state index is 12.6. The summed E-state index contributed by atoms with van der Waals surface area (Å²) in [6.07, 6.45) is 0. The van der Waals surface area contributed by atoms with Gasteiger partial charge in [0.25, 0.3) is 17.5 Å². The summed E-state index contributed by atoms with van der Waals surface area (Å²) >= 11 is 0. The van der Waals surface area contributed by atoms with E-state index in [1.165, 1.54) is 18.2 Å². The van der Waals surface area contributed by atoms with Gasteiger partial charge in [0.05, 0.1) is 10.5 Å². The van der Waals surface area contributed by atoms with E-state index in [1.807, 2.05) is 13.8 Å². The van der Waals surface area contributed by atoms with Crippen molar-refractivity contribution >= 4 is 29.1 Å². The van der Waals surface area contributed by atoms with Crippen molar-refractivity contribution < 1.29 is 24.0 Å². The van der Waals surface area contributed by atoms with Crippen LogP contribution >= 0.6 is 0 Å². The highest BCUT2D eigenvalue weighted by Crippen LogP contribution is 2.30. The molecule has 0 aliphatic carbocycles. The molecule has 0 radical (unpaired) electrons. The number of aromatic nitrogens is 2. The van der Waals surface area contributed by atoms with E-state index in [9.17, 15) is 24.5 Å². The molecule has 2 heterocycles. The highest BCUT2D eigenvalue weighted by atomic mass is 16.6. The Morgan fingerprint density at radius 3 is 2.45 bits per heavy atom. The average molecular weight is 447 g/mol. The van der Waals surface area contributed by atoms with E-state index >= 15 is 0 Å². The number of imide groups is 1. The average Bonchev–Trinajstić information content (AvgIpc) is 2.98. The number of nitrogens with one attached hydrogen (secondary N) is 1. The number of rotatable bonds is 6. The van der Waals surface area contributed by atoms with Crippen molar-refractivity contribution in [2.24, 2.45) is 0 Å². The minimum atomic E-state index is -0.887. The van der Waals surface area contributed by atoms with Gasteiger partial charge in [-0.15, -0.1) is 0 Å². The van der Waals surface area contributed by atoms with Crippen LogP contribution in [0, 0.1) is 24.0 Å². The molecule has 2 aromatic carbocycles. The van der Waals surface area contributed by atoms with Crippen LogP contribution in [0.25, 0.3) is 0 Å². The number of aryl methyl sites for hydroxylation is 2. The van der Waals surface area contributed by atoms with E-state index in [0.717, 1.165) is 17.5 Å². The molecule has 1 aromatic heterocycles. The van der Waals surface area contributed by atoms with Crippen LogP contribution in [0.4, 0.5) is 11.4 Å². The topological polar surface area (TPSA) is 145 Å². The summed E-state index contributed by atoms with van der Waals surface area (Å²) in [5.41, 5.74) is 0.929. The number of hydrogen-bond acceptors (Lipinski definition) is 8. The SMILES string of the molecule is Cc1cc(C)nc(Oc2cccc(NC(=O)CN3C(=O)c4cccc([N+](=O)[O-])c4C3=O)c2)n1. The smallest absolute Gasteiger partial charge is 0.322 e. The van der Waals surface area contributed by atoms with Gasteiger partial charge in [-0.25, -0.2) is 9.97 Å². The largest absolute Gasteiger partial charge is 0.424 e. The van der Waals surface area contributed by atoms with Crippen molar-refractivity contribution in [3.63, 3.8) is 0 Å². The molecule has 0 unspecified atom stereocenters. The van der Waals surface area contributed by atoms with E-state index in [1.54, 1.807) is 24.3 Å². The second-order valence-electron chi connectivity index (χ2n) is 7.26. The fourth-order valence-corrected chi connectivity index (χ4v) is 3.44. The van der Waals surface area contributed by atoms with Crippen LogP contribution in [-0.4, -0.2) is 44.1 Å². The summed E-state index contributed by atoms with van der Waals surface area (Å²) in [6.45, 7) is 3.02. The van der Waals surface area contributed by atoms with Crippen molar-refractivity contribution in [1.82, 2.24) is 14.9 Å². The molecular formula is C22H17N5O6. The first-order chi connectivity index (χ1) is 15.7. The van der Waals surface area contributed by atoms with Crippen molar-refractivity contribution in [3.05, 3.63) is 81.2 Å². The lowest BCUT2D eigenvalue weighted by Gasteiger charge is -2.14. The summed E-state index contributed by atoms with van der Waals surface area (Å²) in [5.74, 6) is -1.94. The second-order valence-corrected chi connectivity index (χ2v) is 7.26. The Kier molecular flexibility index (Phi) is 5.53. The Bertz CT molecular complexity index is 1300. The fraction of sp³-hybridized carbons (Fsp3) is 0.136. The zero-order chi connectivity index (χ0) is 23.7. The van der Waals surface area contributed by atoms with Gasteiger partial charge in [-0.2, -0.15) is 0 Å². The molecule has 11 heteroatoms. The molecule has 1 aliphatic heterocycles. The summed E-state index contributed by atoms with van der Waals surface area (Å²) in [4.78, 5) is 57.2. The first kappa shape index (κ1) is 21.6. The van der Waals surface area contributed by atoms with Gasteiger partial charge in [-0.05, 0) is 38.1 Å². The van der Waals surface area contributed by atoms with Crippen LogP contribution in [0.1, 0.15) is 32.1 Å². The molecular weight excluding hydrogens is 430 g/mol. The van der Waals surface area contributed by atoms with Crippen molar-refractivity contribution in [1.29, 1.82) is 0 Å². The normalized spacial score (nSPS) is 12.5. The fourth-order valence-electron chi connectivity index (χ4n) is 3.44. The molecule has 0 spiro atoms. The number of carbonyl (C=O) groups is 3. The Hall–Kier alpha value is -4.67. The summed E-state index contributed by atoms with van der Waals surface area (Å²) in [5, 5.41) is 13.8. The number of carbonyl (C=O) groups excluding carboxylic acids is 3. The van der Waals surface area contributed by atoms with Crippen LogP contribution in [0.15, 0.2) is 48.5 Å². The van der Waals surface area contributed by atoms with Gasteiger partial charge in [0.1, 0.15) is 17.9 Å². The van der Waals surface area contributed by atoms with Crippen LogP contribution < -0.4 is 10.1 Å². The number of fused-ring (bicyclic) bond motifs is 1. The van der Waals surface area contributed by atoms with Gasteiger partial charge < -0.3 is 10.1 Å². The number of anilines is 1. The van der Waals surface area contributed by atoms with E-state index in [0.29, 0.717) is 16.3 Å². The van der Waals surface area contributed by atoms with Gasteiger partial charge in [0.15, 0.2) is 0 Å². The van der Waals surface area contributed by atoms with Gasteiger partial charge in [0, 0.05) is 29.2 Å². The number of nitrogens with zero attached hydrogens (tertiary/aromatic N) is 4. The molecule has 0 atom stereocenters. The monoisotopic (exact) mass is 447 g/mol. The van der Waals surface area contributed by atoms with Crippen LogP contribution in [-0.2, 0) is 4.79 Å². The second kappa shape index (κ2) is 8.46. The molecule has 3 aromatic rings. The van der Waals surface area contributed by atoms with E-state index in [2.05, 4.69) is 15.3 Å². The van der Waals surface area contributed by atoms with E-state index < -0.39 is 34.9 Å². The highest BCUT2D eigenvalue weighted by Gasteiger charge is 2.41. The first-order valence-corrected chi connectivity index (χ1v) is 9.76. The molecule has 4 rings (SSSR count). The Labute approximate surface area is 187 Å². The molecule has 0 fully saturated rings. The van der Waals surface area contributed by atoms with Crippen LogP contribution in [0.2, 0.25) is 0 Å². The van der Waals surface area contributed by atoms with Crippen molar-refractivity contribution in [2.45, 2.75) is 13.8 Å². The summed E-state index contributed by atoms with van der Waals surface area (Å²) < 4.78 is 5.65. The lowest BCUT2D eigenvalue weighted by Crippen LogP contribution is -2.37. The van der Waals surface area contributed by atoms with Gasteiger partial charge in [-0.3, -0.25) is 29.4 Å².